The molecule has 0 spiro atoms. The van der Waals surface area contributed by atoms with Crippen molar-refractivity contribution < 1.29 is 28.6 Å². The van der Waals surface area contributed by atoms with E-state index in [0.717, 1.165) is 75.5 Å². The molecule has 6 nitrogen and oxygen atoms in total. The molecule has 0 aromatic heterocycles. The van der Waals surface area contributed by atoms with Crippen molar-refractivity contribution in [3.63, 3.8) is 0 Å². The maximum atomic E-state index is 12.7. The Bertz CT molecular complexity index is 854. The third-order valence-corrected chi connectivity index (χ3v) is 11.3. The van der Waals surface area contributed by atoms with Crippen molar-refractivity contribution in [2.45, 2.75) is 266 Å². The van der Waals surface area contributed by atoms with Crippen LogP contribution in [-0.2, 0) is 28.6 Å². The molecule has 0 aromatic carbocycles. The second-order valence-corrected chi connectivity index (χ2v) is 17.9. The molecule has 326 valence electrons. The zero-order valence-corrected chi connectivity index (χ0v) is 37.7. The van der Waals surface area contributed by atoms with Gasteiger partial charge in [0.2, 0.25) is 0 Å². The molecule has 0 aliphatic heterocycles. The predicted molar refractivity (Wildman–Crippen MR) is 233 cm³/mol. The summed E-state index contributed by atoms with van der Waals surface area (Å²) in [7, 11) is 0. The summed E-state index contributed by atoms with van der Waals surface area (Å²) >= 11 is 0. The number of unbranched alkanes of at least 4 members (excludes halogenated alkanes) is 24. The SMILES string of the molecule is CCC(C)CCCCCCCCC(=O)OC[C@@H](COC(=O)CCCCCCCCCCCCCCCCCC(C)C)OC(=O)CCCCCCCCC(C)C. The Morgan fingerprint density at radius 2 is 0.636 bits per heavy atom. The van der Waals surface area contributed by atoms with E-state index in [2.05, 4.69) is 41.5 Å². The molecule has 0 radical (unpaired) electrons. The van der Waals surface area contributed by atoms with Crippen LogP contribution in [0.15, 0.2) is 0 Å². The number of hydrogen-bond donors (Lipinski definition) is 0. The number of rotatable bonds is 42. The van der Waals surface area contributed by atoms with Crippen molar-refractivity contribution in [2.24, 2.45) is 17.8 Å². The lowest BCUT2D eigenvalue weighted by atomic mass is 10.00. The molecule has 0 rings (SSSR count). The Kier molecular flexibility index (Phi) is 39.4. The molecular weight excluding hydrogens is 685 g/mol. The zero-order chi connectivity index (χ0) is 40.6. The molecule has 1 unspecified atom stereocenters. The molecule has 2 atom stereocenters. The van der Waals surface area contributed by atoms with Gasteiger partial charge in [-0.1, -0.05) is 221 Å². The highest BCUT2D eigenvalue weighted by atomic mass is 16.6. The maximum Gasteiger partial charge on any atom is 0.306 e. The van der Waals surface area contributed by atoms with Crippen LogP contribution in [0.5, 0.6) is 0 Å². The fraction of sp³-hybridized carbons (Fsp3) is 0.939. The van der Waals surface area contributed by atoms with Gasteiger partial charge in [-0.2, -0.15) is 0 Å². The fourth-order valence-electron chi connectivity index (χ4n) is 7.20. The van der Waals surface area contributed by atoms with Crippen LogP contribution in [0.2, 0.25) is 0 Å². The van der Waals surface area contributed by atoms with Gasteiger partial charge < -0.3 is 14.2 Å². The molecule has 0 aliphatic rings. The van der Waals surface area contributed by atoms with Crippen molar-refractivity contribution in [2.75, 3.05) is 13.2 Å². The molecular formula is C49H94O6. The van der Waals surface area contributed by atoms with Crippen LogP contribution in [0.3, 0.4) is 0 Å². The highest BCUT2D eigenvalue weighted by molar-refractivity contribution is 5.71. The zero-order valence-electron chi connectivity index (χ0n) is 37.7. The Morgan fingerprint density at radius 3 is 0.945 bits per heavy atom. The Morgan fingerprint density at radius 1 is 0.364 bits per heavy atom. The minimum atomic E-state index is -0.762. The first kappa shape index (κ1) is 53.4. The fourth-order valence-corrected chi connectivity index (χ4v) is 7.20. The molecule has 0 heterocycles. The van der Waals surface area contributed by atoms with Crippen molar-refractivity contribution >= 4 is 17.9 Å². The average molecular weight is 779 g/mol. The first-order chi connectivity index (χ1) is 26.6. The number of carbonyl (C=O) groups is 3. The number of ether oxygens (including phenoxy) is 3. The molecule has 0 amide bonds. The van der Waals surface area contributed by atoms with Crippen LogP contribution in [-0.4, -0.2) is 37.2 Å². The van der Waals surface area contributed by atoms with E-state index in [9.17, 15) is 14.4 Å². The summed E-state index contributed by atoms with van der Waals surface area (Å²) in [4.78, 5) is 37.7. The quantitative estimate of drug-likeness (QED) is 0.0349. The lowest BCUT2D eigenvalue weighted by Crippen LogP contribution is -2.30. The van der Waals surface area contributed by atoms with Crippen LogP contribution in [0.4, 0.5) is 0 Å². The molecule has 0 aromatic rings. The van der Waals surface area contributed by atoms with Gasteiger partial charge in [0.1, 0.15) is 13.2 Å². The molecule has 55 heavy (non-hydrogen) atoms. The van der Waals surface area contributed by atoms with E-state index in [1.54, 1.807) is 0 Å². The lowest BCUT2D eigenvalue weighted by molar-refractivity contribution is -0.167. The van der Waals surface area contributed by atoms with Gasteiger partial charge in [-0.25, -0.2) is 0 Å². The van der Waals surface area contributed by atoms with Crippen molar-refractivity contribution in [1.82, 2.24) is 0 Å². The lowest BCUT2D eigenvalue weighted by Gasteiger charge is -2.18. The van der Waals surface area contributed by atoms with Crippen LogP contribution in [0, 0.1) is 17.8 Å². The number of carbonyl (C=O) groups excluding carboxylic acids is 3. The van der Waals surface area contributed by atoms with E-state index < -0.39 is 6.10 Å². The summed E-state index contributed by atoms with van der Waals surface area (Å²) in [5.74, 6) is 1.56. The highest BCUT2D eigenvalue weighted by Gasteiger charge is 2.19. The van der Waals surface area contributed by atoms with Gasteiger partial charge in [-0.15, -0.1) is 0 Å². The number of hydrogen-bond acceptors (Lipinski definition) is 6. The first-order valence-electron chi connectivity index (χ1n) is 24.1. The van der Waals surface area contributed by atoms with E-state index in [1.807, 2.05) is 0 Å². The average Bonchev–Trinajstić information content (AvgIpc) is 3.15. The largest absolute Gasteiger partial charge is 0.462 e. The van der Waals surface area contributed by atoms with E-state index in [0.29, 0.717) is 19.3 Å². The van der Waals surface area contributed by atoms with Crippen molar-refractivity contribution in [3.8, 4) is 0 Å². The standard InChI is InChI=1S/C49H94O6/c1-7-45(6)37-31-25-20-22-27-33-39-48(51)54-42-46(55-49(52)40-34-28-21-19-24-30-36-44(4)5)41-53-47(50)38-32-26-18-16-14-12-10-8-9-11-13-15-17-23-29-35-43(2)3/h43-46H,7-42H2,1-6H3/t45?,46-/m1/s1. The summed E-state index contributed by atoms with van der Waals surface area (Å²) in [5, 5.41) is 0. The summed E-state index contributed by atoms with van der Waals surface area (Å²) in [6.07, 6.45) is 38.2. The summed E-state index contributed by atoms with van der Waals surface area (Å²) in [6.45, 7) is 13.6. The monoisotopic (exact) mass is 779 g/mol. The second-order valence-electron chi connectivity index (χ2n) is 17.9. The van der Waals surface area contributed by atoms with E-state index in [1.165, 1.54) is 141 Å². The second kappa shape index (κ2) is 40.6. The first-order valence-corrected chi connectivity index (χ1v) is 24.1. The molecule has 0 saturated heterocycles. The number of esters is 3. The molecule has 0 aliphatic carbocycles. The summed E-state index contributed by atoms with van der Waals surface area (Å²) in [5.41, 5.74) is 0. The maximum absolute atomic E-state index is 12.7. The van der Waals surface area contributed by atoms with Gasteiger partial charge in [0, 0.05) is 19.3 Å². The van der Waals surface area contributed by atoms with Crippen LogP contribution in [0.1, 0.15) is 260 Å². The van der Waals surface area contributed by atoms with Crippen LogP contribution in [0.25, 0.3) is 0 Å². The Balaban J connectivity index is 4.23. The minimum absolute atomic E-state index is 0.0668. The molecule has 0 N–H and O–H groups in total. The van der Waals surface area contributed by atoms with Crippen molar-refractivity contribution in [1.29, 1.82) is 0 Å². The molecule has 0 saturated carbocycles. The van der Waals surface area contributed by atoms with Gasteiger partial charge in [-0.3, -0.25) is 14.4 Å². The van der Waals surface area contributed by atoms with Gasteiger partial charge in [0.25, 0.3) is 0 Å². The Labute approximate surface area is 342 Å². The molecule has 0 bridgehead atoms. The van der Waals surface area contributed by atoms with Gasteiger partial charge >= 0.3 is 17.9 Å². The van der Waals surface area contributed by atoms with E-state index >= 15 is 0 Å². The third-order valence-electron chi connectivity index (χ3n) is 11.3. The van der Waals surface area contributed by atoms with Crippen LogP contribution >= 0.6 is 0 Å². The topological polar surface area (TPSA) is 78.9 Å². The van der Waals surface area contributed by atoms with E-state index in [4.69, 9.17) is 14.2 Å². The van der Waals surface area contributed by atoms with Gasteiger partial charge in [0.05, 0.1) is 0 Å². The third kappa shape index (κ3) is 41.9. The van der Waals surface area contributed by atoms with Gasteiger partial charge in [0.15, 0.2) is 6.10 Å². The summed E-state index contributed by atoms with van der Waals surface area (Å²) < 4.78 is 16.7. The van der Waals surface area contributed by atoms with E-state index in [-0.39, 0.29) is 31.1 Å². The summed E-state index contributed by atoms with van der Waals surface area (Å²) in [6, 6.07) is 0. The molecule has 0 fully saturated rings. The normalized spacial score (nSPS) is 12.7. The minimum Gasteiger partial charge on any atom is -0.462 e. The highest BCUT2D eigenvalue weighted by Crippen LogP contribution is 2.17. The smallest absolute Gasteiger partial charge is 0.306 e. The molecule has 6 heteroatoms. The Hall–Kier alpha value is -1.59. The van der Waals surface area contributed by atoms with Crippen LogP contribution < -0.4 is 0 Å². The van der Waals surface area contributed by atoms with Gasteiger partial charge in [-0.05, 0) is 37.0 Å². The van der Waals surface area contributed by atoms with Crippen molar-refractivity contribution in [3.05, 3.63) is 0 Å². The predicted octanol–water partition coefficient (Wildman–Crippen LogP) is 15.2.